The summed E-state index contributed by atoms with van der Waals surface area (Å²) in [4.78, 5) is 4.13. The summed E-state index contributed by atoms with van der Waals surface area (Å²) in [5.41, 5.74) is 5.57. The summed E-state index contributed by atoms with van der Waals surface area (Å²) in [6, 6.07) is -0.565. The fourth-order valence-electron chi connectivity index (χ4n) is 1.75. The van der Waals surface area contributed by atoms with Crippen LogP contribution in [0.5, 0.6) is 0 Å². The number of nitrogens with two attached hydrogens (primary N) is 1. The van der Waals surface area contributed by atoms with Gasteiger partial charge in [-0.1, -0.05) is 5.16 Å². The van der Waals surface area contributed by atoms with Gasteiger partial charge < -0.3 is 20.1 Å². The normalized spacial score (nSPS) is 23.2. The Kier molecular flexibility index (Phi) is 3.87. The molecule has 1 aromatic rings. The molecule has 1 aliphatic rings. The van der Waals surface area contributed by atoms with Crippen LogP contribution in [0.15, 0.2) is 4.52 Å². The van der Waals surface area contributed by atoms with Crippen LogP contribution in [0.1, 0.15) is 37.0 Å². The summed E-state index contributed by atoms with van der Waals surface area (Å²) in [6.07, 6.45) is 4.14. The average molecular weight is 227 g/mol. The fourth-order valence-corrected chi connectivity index (χ4v) is 1.75. The molecule has 0 radical (unpaired) electrons. The molecule has 1 aromatic heterocycles. The molecule has 3 N–H and O–H groups in total. The molecular weight excluding hydrogens is 210 g/mol. The number of aliphatic hydroxyl groups excluding tert-OH is 1. The van der Waals surface area contributed by atoms with Crippen LogP contribution in [0.3, 0.4) is 0 Å². The molecule has 0 aromatic carbocycles. The first kappa shape index (κ1) is 11.5. The summed E-state index contributed by atoms with van der Waals surface area (Å²) < 4.78 is 10.6. The predicted octanol–water partition coefficient (Wildman–Crippen LogP) is 0.173. The number of aromatic nitrogens is 2. The van der Waals surface area contributed by atoms with Crippen molar-refractivity contribution in [1.82, 2.24) is 10.1 Å². The highest BCUT2D eigenvalue weighted by atomic mass is 16.5. The third-order valence-electron chi connectivity index (χ3n) is 2.69. The van der Waals surface area contributed by atoms with E-state index in [9.17, 15) is 0 Å². The van der Waals surface area contributed by atoms with Crippen molar-refractivity contribution < 1.29 is 14.4 Å². The highest BCUT2D eigenvalue weighted by Crippen LogP contribution is 2.17. The quantitative estimate of drug-likeness (QED) is 0.761. The lowest BCUT2D eigenvalue weighted by molar-refractivity contribution is 0.0124. The molecule has 90 valence electrons. The first-order chi connectivity index (χ1) is 7.79. The zero-order valence-electron chi connectivity index (χ0n) is 9.13. The highest BCUT2D eigenvalue weighted by Gasteiger charge is 2.19. The lowest BCUT2D eigenvalue weighted by atomic mass is 10.1. The molecule has 16 heavy (non-hydrogen) atoms. The second-order valence-electron chi connectivity index (χ2n) is 4.03. The monoisotopic (exact) mass is 227 g/mol. The summed E-state index contributed by atoms with van der Waals surface area (Å²) in [5, 5.41) is 12.6. The van der Waals surface area contributed by atoms with Gasteiger partial charge in [0, 0.05) is 6.61 Å². The first-order valence-electron chi connectivity index (χ1n) is 5.60. The summed E-state index contributed by atoms with van der Waals surface area (Å²) in [7, 11) is 0. The van der Waals surface area contributed by atoms with Gasteiger partial charge in [-0.3, -0.25) is 0 Å². The number of ether oxygens (including phenoxy) is 1. The molecule has 1 saturated heterocycles. The minimum Gasteiger partial charge on any atom is -0.394 e. The predicted molar refractivity (Wildman–Crippen MR) is 55.6 cm³/mol. The zero-order valence-corrected chi connectivity index (χ0v) is 9.13. The van der Waals surface area contributed by atoms with Gasteiger partial charge in [0.1, 0.15) is 0 Å². The van der Waals surface area contributed by atoms with E-state index in [1.807, 2.05) is 0 Å². The Hall–Kier alpha value is -0.980. The van der Waals surface area contributed by atoms with E-state index < -0.39 is 6.04 Å². The maximum absolute atomic E-state index is 8.85. The summed E-state index contributed by atoms with van der Waals surface area (Å²) in [6.45, 7) is 0.626. The van der Waals surface area contributed by atoms with Crippen molar-refractivity contribution in [2.45, 2.75) is 37.8 Å². The largest absolute Gasteiger partial charge is 0.394 e. The Morgan fingerprint density at radius 2 is 2.38 bits per heavy atom. The number of hydrogen-bond acceptors (Lipinski definition) is 6. The van der Waals surface area contributed by atoms with E-state index in [0.717, 1.165) is 19.4 Å². The second-order valence-corrected chi connectivity index (χ2v) is 4.03. The molecule has 2 atom stereocenters. The fraction of sp³-hybridized carbons (Fsp3) is 0.800. The van der Waals surface area contributed by atoms with Crippen molar-refractivity contribution >= 4 is 0 Å². The van der Waals surface area contributed by atoms with Crippen molar-refractivity contribution in [1.29, 1.82) is 0 Å². The third kappa shape index (κ3) is 2.78. The van der Waals surface area contributed by atoms with Crippen LogP contribution in [0.4, 0.5) is 0 Å². The lowest BCUT2D eigenvalue weighted by Crippen LogP contribution is -2.21. The molecule has 0 aliphatic carbocycles. The van der Waals surface area contributed by atoms with Crippen molar-refractivity contribution in [2.75, 3.05) is 13.2 Å². The minimum absolute atomic E-state index is 0.174. The number of nitrogens with zero attached hydrogens (tertiary/aromatic N) is 2. The van der Waals surface area contributed by atoms with Crippen LogP contribution in [-0.4, -0.2) is 34.6 Å². The van der Waals surface area contributed by atoms with Crippen LogP contribution in [0, 0.1) is 0 Å². The Labute approximate surface area is 93.8 Å². The van der Waals surface area contributed by atoms with Crippen LogP contribution < -0.4 is 5.73 Å². The Bertz CT molecular complexity index is 323. The standard InChI is InChI=1S/C10H17N3O3/c11-8(6-14)10-12-9(16-13-10)5-7-3-1-2-4-15-7/h7-8,14H,1-6,11H2. The SMILES string of the molecule is NC(CO)c1noc(CC2CCCCO2)n1. The van der Waals surface area contributed by atoms with Crippen molar-refractivity contribution in [3.8, 4) is 0 Å². The van der Waals surface area contributed by atoms with Crippen molar-refractivity contribution in [2.24, 2.45) is 5.73 Å². The molecule has 0 bridgehead atoms. The molecule has 2 rings (SSSR count). The molecule has 1 fully saturated rings. The first-order valence-corrected chi connectivity index (χ1v) is 5.60. The molecule has 2 heterocycles. The van der Waals surface area contributed by atoms with Crippen LogP contribution in [0.25, 0.3) is 0 Å². The van der Waals surface area contributed by atoms with Crippen LogP contribution in [-0.2, 0) is 11.2 Å². The zero-order chi connectivity index (χ0) is 11.4. The van der Waals surface area contributed by atoms with E-state index in [1.54, 1.807) is 0 Å². The van der Waals surface area contributed by atoms with Crippen LogP contribution >= 0.6 is 0 Å². The van der Waals surface area contributed by atoms with E-state index in [4.69, 9.17) is 20.1 Å². The highest BCUT2D eigenvalue weighted by molar-refractivity contribution is 4.94. The Balaban J connectivity index is 1.91. The lowest BCUT2D eigenvalue weighted by Gasteiger charge is -2.20. The van der Waals surface area contributed by atoms with E-state index >= 15 is 0 Å². The number of hydrogen-bond donors (Lipinski definition) is 2. The number of aliphatic hydroxyl groups is 1. The molecule has 0 saturated carbocycles. The van der Waals surface area contributed by atoms with Gasteiger partial charge in [0.2, 0.25) is 5.89 Å². The van der Waals surface area contributed by atoms with Gasteiger partial charge in [-0.2, -0.15) is 4.98 Å². The molecule has 6 nitrogen and oxygen atoms in total. The average Bonchev–Trinajstić information content (AvgIpc) is 2.78. The van der Waals surface area contributed by atoms with E-state index in [1.165, 1.54) is 6.42 Å². The maximum atomic E-state index is 8.85. The van der Waals surface area contributed by atoms with Crippen molar-refractivity contribution in [3.05, 3.63) is 11.7 Å². The van der Waals surface area contributed by atoms with E-state index in [2.05, 4.69) is 10.1 Å². The topological polar surface area (TPSA) is 94.4 Å². The molecule has 1 aliphatic heterocycles. The van der Waals surface area contributed by atoms with E-state index in [0.29, 0.717) is 18.1 Å². The summed E-state index contributed by atoms with van der Waals surface area (Å²) in [5.74, 6) is 0.888. The smallest absolute Gasteiger partial charge is 0.229 e. The molecule has 0 amide bonds. The van der Waals surface area contributed by atoms with Crippen LogP contribution in [0.2, 0.25) is 0 Å². The van der Waals surface area contributed by atoms with E-state index in [-0.39, 0.29) is 12.7 Å². The third-order valence-corrected chi connectivity index (χ3v) is 2.69. The van der Waals surface area contributed by atoms with Gasteiger partial charge >= 0.3 is 0 Å². The van der Waals surface area contributed by atoms with Gasteiger partial charge in [0.25, 0.3) is 0 Å². The molecule has 2 unspecified atom stereocenters. The van der Waals surface area contributed by atoms with Gasteiger partial charge in [0.15, 0.2) is 5.82 Å². The van der Waals surface area contributed by atoms with Gasteiger partial charge in [-0.15, -0.1) is 0 Å². The molecule has 6 heteroatoms. The maximum Gasteiger partial charge on any atom is 0.229 e. The molecular formula is C10H17N3O3. The van der Waals surface area contributed by atoms with Gasteiger partial charge in [0.05, 0.1) is 25.2 Å². The van der Waals surface area contributed by atoms with Gasteiger partial charge in [-0.05, 0) is 19.3 Å². The Morgan fingerprint density at radius 3 is 3.06 bits per heavy atom. The van der Waals surface area contributed by atoms with Gasteiger partial charge in [-0.25, -0.2) is 0 Å². The Morgan fingerprint density at radius 1 is 1.50 bits per heavy atom. The second kappa shape index (κ2) is 5.38. The molecule has 0 spiro atoms. The number of rotatable bonds is 4. The minimum atomic E-state index is -0.565. The van der Waals surface area contributed by atoms with Crippen molar-refractivity contribution in [3.63, 3.8) is 0 Å². The summed E-state index contributed by atoms with van der Waals surface area (Å²) >= 11 is 0.